The molecule has 0 aliphatic heterocycles. The summed E-state index contributed by atoms with van der Waals surface area (Å²) in [6.07, 6.45) is 0. The van der Waals surface area contributed by atoms with Gasteiger partial charge in [-0.15, -0.1) is 0 Å². The molecule has 0 heterocycles. The molecule has 94 valence electrons. The van der Waals surface area contributed by atoms with Gasteiger partial charge in [-0.1, -0.05) is 46.3 Å². The minimum Gasteiger partial charge on any atom is -0.381 e. The van der Waals surface area contributed by atoms with E-state index in [1.807, 2.05) is 37.3 Å². The third kappa shape index (κ3) is 2.50. The molecular weight excluding hydrogens is 288 g/mol. The molecule has 0 aliphatic carbocycles. The first-order chi connectivity index (χ1) is 8.41. The number of hydrogen-bond acceptors (Lipinski definition) is 1. The van der Waals surface area contributed by atoms with E-state index >= 15 is 0 Å². The van der Waals surface area contributed by atoms with E-state index < -0.39 is 5.60 Å². The van der Waals surface area contributed by atoms with Crippen molar-refractivity contribution in [1.82, 2.24) is 0 Å². The second kappa shape index (κ2) is 4.87. The highest BCUT2D eigenvalue weighted by molar-refractivity contribution is 9.10. The van der Waals surface area contributed by atoms with Gasteiger partial charge in [-0.25, -0.2) is 0 Å². The van der Waals surface area contributed by atoms with Gasteiger partial charge >= 0.3 is 0 Å². The zero-order chi connectivity index (χ0) is 13.3. The molecule has 2 rings (SSSR count). The van der Waals surface area contributed by atoms with Crippen LogP contribution in [0.4, 0.5) is 0 Å². The van der Waals surface area contributed by atoms with Gasteiger partial charge in [0.15, 0.2) is 0 Å². The fourth-order valence-corrected chi connectivity index (χ4v) is 2.25. The summed E-state index contributed by atoms with van der Waals surface area (Å²) in [5, 5.41) is 10.7. The summed E-state index contributed by atoms with van der Waals surface area (Å²) in [5.74, 6) is 0. The third-order valence-electron chi connectivity index (χ3n) is 3.48. The minimum atomic E-state index is -0.959. The van der Waals surface area contributed by atoms with E-state index in [1.54, 1.807) is 0 Å². The van der Waals surface area contributed by atoms with Crippen molar-refractivity contribution in [3.63, 3.8) is 0 Å². The Bertz CT molecular complexity index is 556. The van der Waals surface area contributed by atoms with E-state index in [-0.39, 0.29) is 0 Å². The molecule has 18 heavy (non-hydrogen) atoms. The summed E-state index contributed by atoms with van der Waals surface area (Å²) in [6.45, 7) is 5.98. The Morgan fingerprint density at radius 3 is 2.00 bits per heavy atom. The molecule has 0 saturated heterocycles. The Morgan fingerprint density at radius 1 is 0.889 bits per heavy atom. The molecule has 2 heteroatoms. The van der Waals surface area contributed by atoms with Gasteiger partial charge in [0.1, 0.15) is 5.60 Å². The summed E-state index contributed by atoms with van der Waals surface area (Å²) < 4.78 is 1.02. The van der Waals surface area contributed by atoms with Crippen molar-refractivity contribution in [1.29, 1.82) is 0 Å². The predicted octanol–water partition coefficient (Wildman–Crippen LogP) is 4.32. The Balaban J connectivity index is 2.46. The van der Waals surface area contributed by atoms with Crippen molar-refractivity contribution in [3.8, 4) is 0 Å². The minimum absolute atomic E-state index is 0.897. The molecule has 0 bridgehead atoms. The van der Waals surface area contributed by atoms with Crippen molar-refractivity contribution >= 4 is 15.9 Å². The van der Waals surface area contributed by atoms with Gasteiger partial charge in [0, 0.05) is 4.47 Å². The summed E-state index contributed by atoms with van der Waals surface area (Å²) in [7, 11) is 0. The van der Waals surface area contributed by atoms with Crippen LogP contribution in [0, 0.1) is 13.8 Å². The maximum absolute atomic E-state index is 10.7. The maximum Gasteiger partial charge on any atom is 0.112 e. The molecule has 0 spiro atoms. The molecule has 0 saturated carbocycles. The van der Waals surface area contributed by atoms with Crippen molar-refractivity contribution in [2.75, 3.05) is 0 Å². The van der Waals surface area contributed by atoms with Crippen LogP contribution in [0.2, 0.25) is 0 Å². The van der Waals surface area contributed by atoms with Gasteiger partial charge < -0.3 is 5.11 Å². The van der Waals surface area contributed by atoms with Crippen LogP contribution >= 0.6 is 15.9 Å². The zero-order valence-electron chi connectivity index (χ0n) is 10.9. The molecular formula is C16H17BrO. The van der Waals surface area contributed by atoms with Gasteiger partial charge in [0.25, 0.3) is 0 Å². The van der Waals surface area contributed by atoms with Gasteiger partial charge in [-0.05, 0) is 55.2 Å². The summed E-state index contributed by atoms with van der Waals surface area (Å²) in [5.41, 5.74) is 3.30. The van der Waals surface area contributed by atoms with Crippen LogP contribution in [0.15, 0.2) is 46.9 Å². The first-order valence-corrected chi connectivity index (χ1v) is 6.76. The van der Waals surface area contributed by atoms with Crippen LogP contribution in [-0.2, 0) is 5.60 Å². The first kappa shape index (κ1) is 13.3. The lowest BCUT2D eigenvalue weighted by atomic mass is 9.87. The van der Waals surface area contributed by atoms with E-state index in [2.05, 4.69) is 41.9 Å². The largest absolute Gasteiger partial charge is 0.381 e. The third-order valence-corrected chi connectivity index (χ3v) is 4.00. The molecule has 1 nitrogen and oxygen atoms in total. The number of aliphatic hydroxyl groups is 1. The smallest absolute Gasteiger partial charge is 0.112 e. The van der Waals surface area contributed by atoms with Crippen LogP contribution in [-0.4, -0.2) is 5.11 Å². The summed E-state index contributed by atoms with van der Waals surface area (Å²) >= 11 is 3.41. The Kier molecular flexibility index (Phi) is 3.60. The number of rotatable bonds is 2. The van der Waals surface area contributed by atoms with Crippen LogP contribution < -0.4 is 0 Å². The lowest BCUT2D eigenvalue weighted by Gasteiger charge is -2.25. The van der Waals surface area contributed by atoms with Gasteiger partial charge in [0.05, 0.1) is 0 Å². The van der Waals surface area contributed by atoms with E-state index in [0.717, 1.165) is 15.6 Å². The number of benzene rings is 2. The second-order valence-corrected chi connectivity index (χ2v) is 5.79. The molecule has 1 unspecified atom stereocenters. The SMILES string of the molecule is Cc1ccc(C(C)(O)c2ccc(Br)cc2)cc1C. The highest BCUT2D eigenvalue weighted by Gasteiger charge is 2.25. The first-order valence-electron chi connectivity index (χ1n) is 5.97. The number of halogens is 1. The highest BCUT2D eigenvalue weighted by Crippen LogP contribution is 2.30. The summed E-state index contributed by atoms with van der Waals surface area (Å²) in [6, 6.07) is 13.9. The highest BCUT2D eigenvalue weighted by atomic mass is 79.9. The van der Waals surface area contributed by atoms with Crippen LogP contribution in [0.1, 0.15) is 29.2 Å². The Labute approximate surface area is 117 Å². The Morgan fingerprint density at radius 2 is 1.44 bits per heavy atom. The standard InChI is InChI=1S/C16H17BrO/c1-11-4-5-14(10-12(11)2)16(3,18)13-6-8-15(17)9-7-13/h4-10,18H,1-3H3. The van der Waals surface area contributed by atoms with Gasteiger partial charge in [-0.3, -0.25) is 0 Å². The lowest BCUT2D eigenvalue weighted by molar-refractivity contribution is 0.102. The molecule has 0 radical (unpaired) electrons. The number of hydrogen-bond donors (Lipinski definition) is 1. The fourth-order valence-electron chi connectivity index (χ4n) is 1.99. The molecule has 0 aliphatic rings. The molecule has 0 amide bonds. The molecule has 2 aromatic rings. The summed E-state index contributed by atoms with van der Waals surface area (Å²) in [4.78, 5) is 0. The molecule has 2 aromatic carbocycles. The molecule has 1 atom stereocenters. The quantitative estimate of drug-likeness (QED) is 0.876. The van der Waals surface area contributed by atoms with Crippen LogP contribution in [0.3, 0.4) is 0 Å². The van der Waals surface area contributed by atoms with Crippen molar-refractivity contribution in [2.24, 2.45) is 0 Å². The molecule has 0 aromatic heterocycles. The average molecular weight is 305 g/mol. The van der Waals surface area contributed by atoms with Crippen molar-refractivity contribution in [2.45, 2.75) is 26.4 Å². The lowest BCUT2D eigenvalue weighted by Crippen LogP contribution is -2.22. The number of aryl methyl sites for hydroxylation is 2. The van der Waals surface area contributed by atoms with Gasteiger partial charge in [0.2, 0.25) is 0 Å². The fraction of sp³-hybridized carbons (Fsp3) is 0.250. The van der Waals surface area contributed by atoms with Crippen molar-refractivity contribution < 1.29 is 5.11 Å². The second-order valence-electron chi connectivity index (χ2n) is 4.88. The average Bonchev–Trinajstić information content (AvgIpc) is 2.33. The van der Waals surface area contributed by atoms with Crippen LogP contribution in [0.5, 0.6) is 0 Å². The van der Waals surface area contributed by atoms with Crippen molar-refractivity contribution in [3.05, 3.63) is 69.2 Å². The molecule has 0 fully saturated rings. The zero-order valence-corrected chi connectivity index (χ0v) is 12.5. The molecule has 1 N–H and O–H groups in total. The normalized spacial score (nSPS) is 14.3. The monoisotopic (exact) mass is 304 g/mol. The van der Waals surface area contributed by atoms with Gasteiger partial charge in [-0.2, -0.15) is 0 Å². The maximum atomic E-state index is 10.7. The predicted molar refractivity (Wildman–Crippen MR) is 78.7 cm³/mol. The van der Waals surface area contributed by atoms with E-state index in [1.165, 1.54) is 11.1 Å². The topological polar surface area (TPSA) is 20.2 Å². The van der Waals surface area contributed by atoms with E-state index in [9.17, 15) is 5.11 Å². The Hall–Kier alpha value is -1.12. The van der Waals surface area contributed by atoms with Crippen LogP contribution in [0.25, 0.3) is 0 Å². The van der Waals surface area contributed by atoms with E-state index in [4.69, 9.17) is 0 Å². The van der Waals surface area contributed by atoms with E-state index in [0.29, 0.717) is 0 Å².